The van der Waals surface area contributed by atoms with Gasteiger partial charge in [0.25, 0.3) is 0 Å². The second kappa shape index (κ2) is 7.74. The molecule has 7 nitrogen and oxygen atoms in total. The molecule has 8 heteroatoms. The first-order valence-corrected chi connectivity index (χ1v) is 8.81. The van der Waals surface area contributed by atoms with Crippen LogP contribution in [0.1, 0.15) is 38.1 Å². The Bertz CT molecular complexity index is 748. The van der Waals surface area contributed by atoms with Crippen LogP contribution in [0.5, 0.6) is 5.75 Å². The van der Waals surface area contributed by atoms with Crippen LogP contribution in [-0.4, -0.2) is 38.8 Å². The molecule has 0 spiro atoms. The van der Waals surface area contributed by atoms with Crippen LogP contribution in [0.15, 0.2) is 24.5 Å². The van der Waals surface area contributed by atoms with Crippen molar-refractivity contribution < 1.29 is 9.53 Å². The zero-order valence-corrected chi connectivity index (χ0v) is 15.2. The molecule has 134 valence electrons. The van der Waals surface area contributed by atoms with E-state index in [1.165, 1.54) is 0 Å². The maximum atomic E-state index is 12.8. The molecular weight excluding hydrogens is 342 g/mol. The summed E-state index contributed by atoms with van der Waals surface area (Å²) in [7, 11) is 1.89. The highest BCUT2D eigenvalue weighted by Crippen LogP contribution is 2.33. The topological polar surface area (TPSA) is 72.3 Å². The number of carbonyl (C=O) groups excluding carboxylic acids is 1. The van der Waals surface area contributed by atoms with Gasteiger partial charge in [-0.15, -0.1) is 10.2 Å². The fourth-order valence-electron chi connectivity index (χ4n) is 3.00. The molecule has 1 unspecified atom stereocenters. The highest BCUT2D eigenvalue weighted by atomic mass is 35.5. The Hall–Kier alpha value is -2.28. The number of hydrogen-bond acceptors (Lipinski definition) is 4. The van der Waals surface area contributed by atoms with Crippen LogP contribution in [0.25, 0.3) is 0 Å². The number of urea groups is 1. The fraction of sp³-hybridized carbons (Fsp3) is 0.471. The number of aryl methyl sites for hydroxylation is 1. The zero-order chi connectivity index (χ0) is 17.8. The lowest BCUT2D eigenvalue weighted by Crippen LogP contribution is -2.35. The van der Waals surface area contributed by atoms with Crippen molar-refractivity contribution in [2.75, 3.05) is 18.5 Å². The van der Waals surface area contributed by atoms with Crippen LogP contribution in [0.3, 0.4) is 0 Å². The van der Waals surface area contributed by atoms with Gasteiger partial charge in [-0.25, -0.2) is 4.79 Å². The monoisotopic (exact) mass is 363 g/mol. The summed E-state index contributed by atoms with van der Waals surface area (Å²) in [5, 5.41) is 11.6. The molecule has 1 fully saturated rings. The van der Waals surface area contributed by atoms with Gasteiger partial charge in [-0.3, -0.25) is 0 Å². The standard InChI is InChI=1S/C17H22ClN5O2/c1-3-9-25-15-7-6-12(18)10-13(15)20-17(24)23-8-4-5-14(23)16-21-19-11-22(16)2/h6-7,10-11,14H,3-5,8-9H2,1-2H3,(H,20,24). The number of rotatable bonds is 5. The lowest BCUT2D eigenvalue weighted by Gasteiger charge is -2.24. The number of hydrogen-bond donors (Lipinski definition) is 1. The molecule has 1 aliphatic heterocycles. The van der Waals surface area contributed by atoms with E-state index in [1.54, 1.807) is 29.4 Å². The number of carbonyl (C=O) groups is 1. The summed E-state index contributed by atoms with van der Waals surface area (Å²) in [6.07, 6.45) is 4.34. The van der Waals surface area contributed by atoms with Crippen LogP contribution in [0.2, 0.25) is 5.02 Å². The Morgan fingerprint density at radius 2 is 2.32 bits per heavy atom. The molecule has 0 saturated carbocycles. The van der Waals surface area contributed by atoms with E-state index in [9.17, 15) is 4.79 Å². The first-order valence-electron chi connectivity index (χ1n) is 8.44. The average molecular weight is 364 g/mol. The lowest BCUT2D eigenvalue weighted by atomic mass is 10.2. The number of amides is 2. The number of halogens is 1. The second-order valence-corrected chi connectivity index (χ2v) is 6.51. The van der Waals surface area contributed by atoms with E-state index in [-0.39, 0.29) is 12.1 Å². The Labute approximate surface area is 151 Å². The molecule has 1 aliphatic rings. The highest BCUT2D eigenvalue weighted by molar-refractivity contribution is 6.31. The minimum atomic E-state index is -0.186. The molecule has 2 heterocycles. The highest BCUT2D eigenvalue weighted by Gasteiger charge is 2.33. The van der Waals surface area contributed by atoms with Crippen molar-refractivity contribution in [3.05, 3.63) is 35.4 Å². The summed E-state index contributed by atoms with van der Waals surface area (Å²) in [6, 6.07) is 4.97. The first kappa shape index (κ1) is 17.5. The molecule has 2 amide bonds. The molecule has 1 aromatic heterocycles. The molecule has 0 radical (unpaired) electrons. The van der Waals surface area contributed by atoms with Gasteiger partial charge in [-0.2, -0.15) is 0 Å². The van der Waals surface area contributed by atoms with E-state index < -0.39 is 0 Å². The normalized spacial score (nSPS) is 16.9. The van der Waals surface area contributed by atoms with Gasteiger partial charge in [0.2, 0.25) is 0 Å². The van der Waals surface area contributed by atoms with Crippen LogP contribution in [-0.2, 0) is 7.05 Å². The zero-order valence-electron chi connectivity index (χ0n) is 14.4. The van der Waals surface area contributed by atoms with Crippen molar-refractivity contribution in [2.45, 2.75) is 32.2 Å². The van der Waals surface area contributed by atoms with Crippen molar-refractivity contribution in [3.8, 4) is 5.75 Å². The summed E-state index contributed by atoms with van der Waals surface area (Å²) >= 11 is 6.08. The van der Waals surface area contributed by atoms with Crippen LogP contribution in [0, 0.1) is 0 Å². The number of nitrogens with one attached hydrogen (secondary N) is 1. The summed E-state index contributed by atoms with van der Waals surface area (Å²) in [5.41, 5.74) is 0.578. The second-order valence-electron chi connectivity index (χ2n) is 6.07. The third-order valence-electron chi connectivity index (χ3n) is 4.20. The van der Waals surface area contributed by atoms with Crippen LogP contribution >= 0.6 is 11.6 Å². The smallest absolute Gasteiger partial charge is 0.322 e. The summed E-state index contributed by atoms with van der Waals surface area (Å²) in [5.74, 6) is 1.41. The molecule has 0 aliphatic carbocycles. The minimum Gasteiger partial charge on any atom is -0.491 e. The number of ether oxygens (including phenoxy) is 1. The van der Waals surface area contributed by atoms with Gasteiger partial charge in [0.05, 0.1) is 18.3 Å². The van der Waals surface area contributed by atoms with Gasteiger partial charge in [-0.1, -0.05) is 18.5 Å². The molecule has 3 rings (SSSR count). The third-order valence-corrected chi connectivity index (χ3v) is 4.44. The summed E-state index contributed by atoms with van der Waals surface area (Å²) in [6.45, 7) is 3.29. The SMILES string of the molecule is CCCOc1ccc(Cl)cc1NC(=O)N1CCCC1c1nncn1C. The van der Waals surface area contributed by atoms with E-state index >= 15 is 0 Å². The van der Waals surface area contributed by atoms with E-state index in [0.717, 1.165) is 25.1 Å². The van der Waals surface area contributed by atoms with Crippen molar-refractivity contribution in [2.24, 2.45) is 7.05 Å². The van der Waals surface area contributed by atoms with E-state index in [1.807, 2.05) is 18.5 Å². The Kier molecular flexibility index (Phi) is 5.43. The molecule has 1 saturated heterocycles. The predicted octanol–water partition coefficient (Wildman–Crippen LogP) is 3.63. The molecule has 0 bridgehead atoms. The quantitative estimate of drug-likeness (QED) is 0.880. The lowest BCUT2D eigenvalue weighted by molar-refractivity contribution is 0.204. The van der Waals surface area contributed by atoms with E-state index in [0.29, 0.717) is 29.6 Å². The van der Waals surface area contributed by atoms with Crippen LogP contribution < -0.4 is 10.1 Å². The maximum Gasteiger partial charge on any atom is 0.322 e. The largest absolute Gasteiger partial charge is 0.491 e. The van der Waals surface area contributed by atoms with E-state index in [2.05, 4.69) is 15.5 Å². The molecule has 1 atom stereocenters. The van der Waals surface area contributed by atoms with Gasteiger partial charge < -0.3 is 19.5 Å². The van der Waals surface area contributed by atoms with E-state index in [4.69, 9.17) is 16.3 Å². The van der Waals surface area contributed by atoms with Crippen molar-refractivity contribution >= 4 is 23.3 Å². The first-order chi connectivity index (χ1) is 12.1. The number of nitrogens with zero attached hydrogens (tertiary/aromatic N) is 4. The Morgan fingerprint density at radius 3 is 3.04 bits per heavy atom. The van der Waals surface area contributed by atoms with Crippen molar-refractivity contribution in [1.29, 1.82) is 0 Å². The number of anilines is 1. The number of aromatic nitrogens is 3. The molecule has 25 heavy (non-hydrogen) atoms. The summed E-state index contributed by atoms with van der Waals surface area (Å²) < 4.78 is 7.56. The van der Waals surface area contributed by atoms with Crippen molar-refractivity contribution in [1.82, 2.24) is 19.7 Å². The minimum absolute atomic E-state index is 0.0771. The Morgan fingerprint density at radius 1 is 1.48 bits per heavy atom. The van der Waals surface area contributed by atoms with Crippen LogP contribution in [0.4, 0.5) is 10.5 Å². The molecule has 1 N–H and O–H groups in total. The maximum absolute atomic E-state index is 12.8. The molecular formula is C17H22ClN5O2. The third kappa shape index (κ3) is 3.87. The number of benzene rings is 1. The fourth-order valence-corrected chi connectivity index (χ4v) is 3.17. The number of likely N-dealkylation sites (tertiary alicyclic amines) is 1. The van der Waals surface area contributed by atoms with Gasteiger partial charge in [-0.05, 0) is 37.5 Å². The molecule has 2 aromatic rings. The Balaban J connectivity index is 1.77. The van der Waals surface area contributed by atoms with Gasteiger partial charge in [0.15, 0.2) is 5.82 Å². The summed E-state index contributed by atoms with van der Waals surface area (Å²) in [4.78, 5) is 14.6. The molecule has 1 aromatic carbocycles. The average Bonchev–Trinajstić information content (AvgIpc) is 3.22. The van der Waals surface area contributed by atoms with Gasteiger partial charge >= 0.3 is 6.03 Å². The van der Waals surface area contributed by atoms with Gasteiger partial charge in [0.1, 0.15) is 12.1 Å². The predicted molar refractivity (Wildman–Crippen MR) is 95.9 cm³/mol. The van der Waals surface area contributed by atoms with Crippen molar-refractivity contribution in [3.63, 3.8) is 0 Å². The van der Waals surface area contributed by atoms with Gasteiger partial charge in [0, 0.05) is 18.6 Å².